The van der Waals surface area contributed by atoms with Crippen LogP contribution >= 0.6 is 0 Å². The Hall–Kier alpha value is -3.28. The second-order valence-electron chi connectivity index (χ2n) is 11.5. The third-order valence-electron chi connectivity index (χ3n) is 7.18. The molecule has 2 aromatic heterocycles. The molecule has 0 fully saturated rings. The van der Waals surface area contributed by atoms with Gasteiger partial charge < -0.3 is 9.47 Å². The van der Waals surface area contributed by atoms with Crippen LogP contribution in [0.2, 0.25) is 0 Å². The van der Waals surface area contributed by atoms with Gasteiger partial charge in [0.15, 0.2) is 5.78 Å². The predicted octanol–water partition coefficient (Wildman–Crippen LogP) is 4.77. The van der Waals surface area contributed by atoms with Gasteiger partial charge in [-0.3, -0.25) is 19.6 Å². The Morgan fingerprint density at radius 2 is 1.85 bits per heavy atom. The number of carbonyl (C=O) groups excluding carboxylic acids is 2. The maximum Gasteiger partial charge on any atom is 0.312 e. The Bertz CT molecular complexity index is 1480. The Kier molecular flexibility index (Phi) is 7.87. The van der Waals surface area contributed by atoms with Crippen LogP contribution in [0, 0.1) is 5.82 Å². The van der Waals surface area contributed by atoms with Crippen molar-refractivity contribution in [2.75, 3.05) is 13.4 Å². The molecule has 12 heteroatoms. The second kappa shape index (κ2) is 10.6. The molecule has 2 aromatic rings. The van der Waals surface area contributed by atoms with Crippen molar-refractivity contribution in [1.29, 1.82) is 0 Å². The van der Waals surface area contributed by atoms with E-state index < -0.39 is 49.5 Å². The standard InChI is InChI=1S/C28H34F2N4O5S/c1-26(2,3)39-24(36)14-22-27(4,5)40(37)23(11-12-32-40)28(6,34-22)25-19(30)9-7-17(33-25)13-21(35)20-10-8-18(15-31-20)38-16-29/h7-10,15,23H,11-14,16H2,1-6H3/t23-,28+,40+/m1/s1. The number of ether oxygens (including phenoxy) is 2. The summed E-state index contributed by atoms with van der Waals surface area (Å²) in [5.41, 5.74) is -1.52. The Labute approximate surface area is 233 Å². The summed E-state index contributed by atoms with van der Waals surface area (Å²) in [6.45, 7) is 9.69. The molecule has 0 N–H and O–H groups in total. The van der Waals surface area contributed by atoms with E-state index in [9.17, 15) is 18.2 Å². The minimum absolute atomic E-state index is 0.0653. The zero-order valence-electron chi connectivity index (χ0n) is 23.5. The van der Waals surface area contributed by atoms with Gasteiger partial charge in [0.1, 0.15) is 34.1 Å². The SMILES string of the molecule is CC(C)(C)OC(=O)CC1=N[C@](C)(c2nc(CC(=O)c3ccc(OCF)cn3)ccc2F)[C@H]2CCN=[S@@]2(=O)C1(C)C. The van der Waals surface area contributed by atoms with Crippen LogP contribution in [-0.4, -0.2) is 60.6 Å². The first-order valence-electron chi connectivity index (χ1n) is 13.0. The lowest BCUT2D eigenvalue weighted by Crippen LogP contribution is -2.56. The van der Waals surface area contributed by atoms with Gasteiger partial charge in [0.05, 0.1) is 38.8 Å². The van der Waals surface area contributed by atoms with Crippen LogP contribution < -0.4 is 4.74 Å². The van der Waals surface area contributed by atoms with Crippen LogP contribution in [0.15, 0.2) is 39.8 Å². The molecule has 40 heavy (non-hydrogen) atoms. The van der Waals surface area contributed by atoms with Crippen LogP contribution in [0.1, 0.15) is 76.3 Å². The molecule has 0 saturated carbocycles. The predicted molar refractivity (Wildman–Crippen MR) is 146 cm³/mol. The first-order valence-corrected chi connectivity index (χ1v) is 14.5. The molecule has 0 saturated heterocycles. The van der Waals surface area contributed by atoms with Gasteiger partial charge in [-0.25, -0.2) is 22.3 Å². The molecule has 2 aliphatic rings. The number of hydrogen-bond donors (Lipinski definition) is 0. The van der Waals surface area contributed by atoms with Crippen molar-refractivity contribution in [3.05, 3.63) is 53.4 Å². The number of rotatable bonds is 8. The summed E-state index contributed by atoms with van der Waals surface area (Å²) in [6, 6.07) is 5.44. The molecule has 9 nitrogen and oxygen atoms in total. The van der Waals surface area contributed by atoms with E-state index in [0.29, 0.717) is 18.7 Å². The number of Topliss-reactive ketones (excluding diaryl/α,β-unsaturated/α-hetero) is 1. The number of fused-ring (bicyclic) bond motifs is 1. The maximum atomic E-state index is 15.5. The largest absolute Gasteiger partial charge is 0.461 e. The molecule has 0 bridgehead atoms. The highest BCUT2D eigenvalue weighted by Gasteiger charge is 2.58. The van der Waals surface area contributed by atoms with Crippen LogP contribution in [0.4, 0.5) is 8.78 Å². The third kappa shape index (κ3) is 5.50. The smallest absolute Gasteiger partial charge is 0.312 e. The first kappa shape index (κ1) is 29.7. The zero-order valence-corrected chi connectivity index (χ0v) is 24.3. The number of hydrogen-bond acceptors (Lipinski definition) is 9. The molecule has 4 rings (SSSR count). The topological polar surface area (TPSA) is 120 Å². The van der Waals surface area contributed by atoms with Gasteiger partial charge in [0.25, 0.3) is 0 Å². The van der Waals surface area contributed by atoms with E-state index in [1.54, 1.807) is 41.5 Å². The molecule has 0 spiro atoms. The van der Waals surface area contributed by atoms with Gasteiger partial charge >= 0.3 is 5.97 Å². The third-order valence-corrected chi connectivity index (χ3v) is 10.9. The quantitative estimate of drug-likeness (QED) is 0.328. The summed E-state index contributed by atoms with van der Waals surface area (Å²) < 4.78 is 56.0. The molecule has 216 valence electrons. The fourth-order valence-corrected chi connectivity index (χ4v) is 8.43. The molecule has 2 aliphatic heterocycles. The molecular weight excluding hydrogens is 542 g/mol. The zero-order chi connectivity index (χ0) is 29.5. The Morgan fingerprint density at radius 1 is 1.12 bits per heavy atom. The number of pyridine rings is 2. The summed E-state index contributed by atoms with van der Waals surface area (Å²) in [7, 11) is -3.01. The molecule has 0 aromatic carbocycles. The van der Waals surface area contributed by atoms with Crippen molar-refractivity contribution in [1.82, 2.24) is 9.97 Å². The van der Waals surface area contributed by atoms with E-state index in [-0.39, 0.29) is 41.5 Å². The van der Waals surface area contributed by atoms with Crippen molar-refractivity contribution in [3.63, 3.8) is 0 Å². The van der Waals surface area contributed by atoms with Gasteiger partial charge in [-0.1, -0.05) is 0 Å². The van der Waals surface area contributed by atoms with Crippen molar-refractivity contribution in [3.8, 4) is 5.75 Å². The van der Waals surface area contributed by atoms with E-state index in [4.69, 9.17) is 14.5 Å². The average Bonchev–Trinajstić information content (AvgIpc) is 3.28. The molecule has 0 amide bonds. The maximum absolute atomic E-state index is 15.5. The normalized spacial score (nSPS) is 25.4. The molecule has 4 heterocycles. The highest BCUT2D eigenvalue weighted by Crippen LogP contribution is 2.48. The molecule has 0 unspecified atom stereocenters. The molecule has 3 atom stereocenters. The minimum Gasteiger partial charge on any atom is -0.461 e. The highest BCUT2D eigenvalue weighted by atomic mass is 32.2. The van der Waals surface area contributed by atoms with Gasteiger partial charge in [-0.05, 0) is 72.2 Å². The number of aliphatic imine (C=N–C) groups is 1. The van der Waals surface area contributed by atoms with E-state index in [2.05, 4.69) is 14.3 Å². The van der Waals surface area contributed by atoms with E-state index in [0.717, 1.165) is 0 Å². The lowest BCUT2D eigenvalue weighted by Gasteiger charge is -2.45. The van der Waals surface area contributed by atoms with Crippen molar-refractivity contribution in [2.45, 2.75) is 81.9 Å². The van der Waals surface area contributed by atoms with Gasteiger partial charge in [-0.15, -0.1) is 0 Å². The van der Waals surface area contributed by atoms with Crippen molar-refractivity contribution < 1.29 is 32.1 Å². The number of halogens is 2. The number of ketones is 1. The lowest BCUT2D eigenvalue weighted by atomic mass is 9.88. The number of esters is 1. The number of carbonyl (C=O) groups is 2. The fraction of sp³-hybridized carbons (Fsp3) is 0.536. The van der Waals surface area contributed by atoms with Crippen LogP contribution in [-0.2, 0) is 31.2 Å². The van der Waals surface area contributed by atoms with E-state index in [1.807, 2.05) is 0 Å². The first-order chi connectivity index (χ1) is 18.6. The van der Waals surface area contributed by atoms with Gasteiger partial charge in [0.2, 0.25) is 6.86 Å². The van der Waals surface area contributed by atoms with Gasteiger partial charge in [0, 0.05) is 18.0 Å². The Morgan fingerprint density at radius 3 is 2.48 bits per heavy atom. The number of aromatic nitrogens is 2. The van der Waals surface area contributed by atoms with E-state index in [1.165, 1.54) is 30.5 Å². The average molecular weight is 577 g/mol. The Balaban J connectivity index is 1.73. The fourth-order valence-electron chi connectivity index (χ4n) is 5.18. The molecule has 0 radical (unpaired) electrons. The summed E-state index contributed by atoms with van der Waals surface area (Å²) in [4.78, 5) is 39.1. The summed E-state index contributed by atoms with van der Waals surface area (Å²) in [5, 5.41) is -0.657. The molecular formula is C28H34F2N4O5S. The monoisotopic (exact) mass is 576 g/mol. The van der Waals surface area contributed by atoms with Crippen LogP contribution in [0.25, 0.3) is 0 Å². The summed E-state index contributed by atoms with van der Waals surface area (Å²) in [6.07, 6.45) is 1.22. The van der Waals surface area contributed by atoms with Crippen LogP contribution in [0.5, 0.6) is 5.75 Å². The molecule has 0 aliphatic carbocycles. The summed E-state index contributed by atoms with van der Waals surface area (Å²) in [5.74, 6) is -1.41. The van der Waals surface area contributed by atoms with Crippen molar-refractivity contribution >= 4 is 27.2 Å². The summed E-state index contributed by atoms with van der Waals surface area (Å²) >= 11 is 0. The number of nitrogens with zero attached hydrogens (tertiary/aromatic N) is 4. The van der Waals surface area contributed by atoms with Crippen LogP contribution in [0.3, 0.4) is 0 Å². The lowest BCUT2D eigenvalue weighted by molar-refractivity contribution is -0.153. The minimum atomic E-state index is -3.01. The highest BCUT2D eigenvalue weighted by molar-refractivity contribution is 7.96. The second-order valence-corrected chi connectivity index (χ2v) is 14.5. The van der Waals surface area contributed by atoms with Crippen molar-refractivity contribution in [2.24, 2.45) is 9.36 Å². The van der Waals surface area contributed by atoms with Gasteiger partial charge in [-0.2, -0.15) is 0 Å². The van der Waals surface area contributed by atoms with E-state index >= 15 is 4.39 Å². The number of alkyl halides is 1.